The molecular formula is C13H18N2O3S. The van der Waals surface area contributed by atoms with Gasteiger partial charge in [-0.05, 0) is 12.5 Å². The average molecular weight is 282 g/mol. The van der Waals surface area contributed by atoms with Crippen LogP contribution in [0.25, 0.3) is 0 Å². The number of sulfonamides is 1. The Bertz CT molecular complexity index is 551. The van der Waals surface area contributed by atoms with Crippen molar-refractivity contribution in [3.63, 3.8) is 0 Å². The first kappa shape index (κ1) is 14.0. The fourth-order valence-corrected chi connectivity index (χ4v) is 2.93. The first-order valence-electron chi connectivity index (χ1n) is 6.18. The topological polar surface area (TPSA) is 66.5 Å². The fourth-order valence-electron chi connectivity index (χ4n) is 2.03. The van der Waals surface area contributed by atoms with Crippen LogP contribution in [0.4, 0.5) is 0 Å². The predicted molar refractivity (Wildman–Crippen MR) is 72.9 cm³/mol. The van der Waals surface area contributed by atoms with Gasteiger partial charge in [-0.25, -0.2) is 12.7 Å². The van der Waals surface area contributed by atoms with Crippen molar-refractivity contribution in [2.45, 2.75) is 13.0 Å². The summed E-state index contributed by atoms with van der Waals surface area (Å²) in [5, 5.41) is 2.91. The third-order valence-corrected chi connectivity index (χ3v) is 4.58. The molecule has 0 bridgehead atoms. The van der Waals surface area contributed by atoms with Crippen LogP contribution in [0.3, 0.4) is 0 Å². The molecule has 1 unspecified atom stereocenters. The lowest BCUT2D eigenvalue weighted by atomic mass is 10.0. The Hall–Kier alpha value is -1.40. The van der Waals surface area contributed by atoms with Gasteiger partial charge in [-0.15, -0.1) is 0 Å². The first-order valence-corrected chi connectivity index (χ1v) is 8.03. The van der Waals surface area contributed by atoms with E-state index in [-0.39, 0.29) is 31.0 Å². The second kappa shape index (κ2) is 5.30. The van der Waals surface area contributed by atoms with E-state index in [1.807, 2.05) is 37.3 Å². The fraction of sp³-hybridized carbons (Fsp3) is 0.462. The molecule has 1 heterocycles. The normalized spacial score (nSPS) is 18.6. The van der Waals surface area contributed by atoms with Crippen LogP contribution in [-0.4, -0.2) is 38.0 Å². The van der Waals surface area contributed by atoms with Crippen LogP contribution in [0.5, 0.6) is 0 Å². The third-order valence-electron chi connectivity index (χ3n) is 3.35. The molecule has 5 nitrogen and oxygen atoms in total. The van der Waals surface area contributed by atoms with Crippen molar-refractivity contribution in [1.29, 1.82) is 0 Å². The minimum Gasteiger partial charge on any atom is -0.349 e. The zero-order chi connectivity index (χ0) is 14.0. The Kier molecular flexibility index (Phi) is 3.91. The molecule has 0 aromatic heterocycles. The van der Waals surface area contributed by atoms with Gasteiger partial charge in [0.2, 0.25) is 15.9 Å². The largest absolute Gasteiger partial charge is 0.349 e. The minimum absolute atomic E-state index is 0.0685. The van der Waals surface area contributed by atoms with Gasteiger partial charge in [0.1, 0.15) is 0 Å². The number of hydrogen-bond donors (Lipinski definition) is 1. The van der Waals surface area contributed by atoms with Crippen molar-refractivity contribution in [2.75, 3.05) is 19.3 Å². The molecule has 0 saturated carbocycles. The van der Waals surface area contributed by atoms with Crippen LogP contribution in [0.2, 0.25) is 0 Å². The van der Waals surface area contributed by atoms with Crippen molar-refractivity contribution in [2.24, 2.45) is 5.92 Å². The first-order chi connectivity index (χ1) is 8.88. The van der Waals surface area contributed by atoms with E-state index in [2.05, 4.69) is 5.32 Å². The Morgan fingerprint density at radius 2 is 1.89 bits per heavy atom. The van der Waals surface area contributed by atoms with E-state index in [4.69, 9.17) is 0 Å². The SMILES string of the molecule is CC(NC(=O)C1CN(S(C)(=O)=O)C1)c1ccccc1. The molecule has 0 spiro atoms. The molecule has 1 atom stereocenters. The molecule has 19 heavy (non-hydrogen) atoms. The highest BCUT2D eigenvalue weighted by atomic mass is 32.2. The van der Waals surface area contributed by atoms with Crippen molar-refractivity contribution >= 4 is 15.9 Å². The second-order valence-electron chi connectivity index (χ2n) is 4.92. The number of benzene rings is 1. The lowest BCUT2D eigenvalue weighted by molar-refractivity contribution is -0.128. The van der Waals surface area contributed by atoms with Crippen LogP contribution in [0.1, 0.15) is 18.5 Å². The van der Waals surface area contributed by atoms with E-state index in [1.54, 1.807) is 0 Å². The Labute approximate surface area is 113 Å². The Morgan fingerprint density at radius 1 is 1.32 bits per heavy atom. The van der Waals surface area contributed by atoms with Gasteiger partial charge in [-0.2, -0.15) is 0 Å². The number of nitrogens with zero attached hydrogens (tertiary/aromatic N) is 1. The average Bonchev–Trinajstić information content (AvgIpc) is 2.26. The van der Waals surface area contributed by atoms with E-state index >= 15 is 0 Å². The maximum Gasteiger partial charge on any atom is 0.226 e. The lowest BCUT2D eigenvalue weighted by Crippen LogP contribution is -2.55. The molecule has 6 heteroatoms. The summed E-state index contributed by atoms with van der Waals surface area (Å²) in [6, 6.07) is 9.61. The molecule has 104 valence electrons. The molecule has 1 aromatic carbocycles. The summed E-state index contributed by atoms with van der Waals surface area (Å²) < 4.78 is 23.7. The number of carbonyl (C=O) groups excluding carboxylic acids is 1. The van der Waals surface area contributed by atoms with E-state index in [1.165, 1.54) is 4.31 Å². The lowest BCUT2D eigenvalue weighted by Gasteiger charge is -2.36. The van der Waals surface area contributed by atoms with Gasteiger partial charge in [0.15, 0.2) is 0 Å². The summed E-state index contributed by atoms with van der Waals surface area (Å²) in [5.41, 5.74) is 1.04. The van der Waals surface area contributed by atoms with E-state index in [0.717, 1.165) is 11.8 Å². The van der Waals surface area contributed by atoms with Crippen LogP contribution in [0.15, 0.2) is 30.3 Å². The molecule has 1 aliphatic rings. The quantitative estimate of drug-likeness (QED) is 0.886. The highest BCUT2D eigenvalue weighted by Gasteiger charge is 2.37. The highest BCUT2D eigenvalue weighted by Crippen LogP contribution is 2.20. The zero-order valence-electron chi connectivity index (χ0n) is 11.0. The van der Waals surface area contributed by atoms with Crippen molar-refractivity contribution in [3.05, 3.63) is 35.9 Å². The molecule has 1 aliphatic heterocycles. The Morgan fingerprint density at radius 3 is 2.42 bits per heavy atom. The molecule has 1 fully saturated rings. The predicted octanol–water partition coefficient (Wildman–Crippen LogP) is 0.755. The number of hydrogen-bond acceptors (Lipinski definition) is 3. The molecule has 0 radical (unpaired) electrons. The molecule has 0 aliphatic carbocycles. The van der Waals surface area contributed by atoms with Gasteiger partial charge in [0.25, 0.3) is 0 Å². The zero-order valence-corrected chi connectivity index (χ0v) is 11.9. The smallest absolute Gasteiger partial charge is 0.226 e. The van der Waals surface area contributed by atoms with Crippen molar-refractivity contribution in [3.8, 4) is 0 Å². The van der Waals surface area contributed by atoms with E-state index < -0.39 is 10.0 Å². The minimum atomic E-state index is -3.16. The molecule has 1 amide bonds. The van der Waals surface area contributed by atoms with Gasteiger partial charge >= 0.3 is 0 Å². The standard InChI is InChI=1S/C13H18N2O3S/c1-10(11-6-4-3-5-7-11)14-13(16)12-8-15(9-12)19(2,17)18/h3-7,10,12H,8-9H2,1-2H3,(H,14,16). The van der Waals surface area contributed by atoms with E-state index in [0.29, 0.717) is 0 Å². The monoisotopic (exact) mass is 282 g/mol. The highest BCUT2D eigenvalue weighted by molar-refractivity contribution is 7.88. The molecule has 1 N–H and O–H groups in total. The van der Waals surface area contributed by atoms with E-state index in [9.17, 15) is 13.2 Å². The third kappa shape index (κ3) is 3.33. The summed E-state index contributed by atoms with van der Waals surface area (Å²) in [6.45, 7) is 2.48. The summed E-state index contributed by atoms with van der Waals surface area (Å²) in [5.74, 6) is -0.322. The number of rotatable bonds is 4. The van der Waals surface area contributed by atoms with Gasteiger partial charge in [0, 0.05) is 13.1 Å². The molecule has 1 saturated heterocycles. The summed E-state index contributed by atoms with van der Waals surface area (Å²) in [7, 11) is -3.16. The maximum atomic E-state index is 11.9. The van der Waals surface area contributed by atoms with Gasteiger partial charge in [0.05, 0.1) is 18.2 Å². The number of nitrogens with one attached hydrogen (secondary N) is 1. The molecular weight excluding hydrogens is 264 g/mol. The van der Waals surface area contributed by atoms with Crippen LogP contribution >= 0.6 is 0 Å². The number of carbonyl (C=O) groups is 1. The van der Waals surface area contributed by atoms with Gasteiger partial charge in [-0.3, -0.25) is 4.79 Å². The second-order valence-corrected chi connectivity index (χ2v) is 6.90. The van der Waals surface area contributed by atoms with Crippen LogP contribution < -0.4 is 5.32 Å². The van der Waals surface area contributed by atoms with Crippen molar-refractivity contribution in [1.82, 2.24) is 9.62 Å². The van der Waals surface area contributed by atoms with Gasteiger partial charge < -0.3 is 5.32 Å². The van der Waals surface area contributed by atoms with Crippen LogP contribution in [-0.2, 0) is 14.8 Å². The maximum absolute atomic E-state index is 11.9. The summed E-state index contributed by atoms with van der Waals surface area (Å²) in [4.78, 5) is 11.9. The van der Waals surface area contributed by atoms with Gasteiger partial charge in [-0.1, -0.05) is 30.3 Å². The summed E-state index contributed by atoms with van der Waals surface area (Å²) >= 11 is 0. The van der Waals surface area contributed by atoms with Crippen LogP contribution in [0, 0.1) is 5.92 Å². The van der Waals surface area contributed by atoms with Crippen molar-refractivity contribution < 1.29 is 13.2 Å². The Balaban J connectivity index is 1.87. The molecule has 1 aromatic rings. The summed E-state index contributed by atoms with van der Waals surface area (Å²) in [6.07, 6.45) is 1.16. The number of amides is 1. The molecule has 2 rings (SSSR count).